The Morgan fingerprint density at radius 1 is 0.966 bits per heavy atom. The molecule has 0 bridgehead atoms. The highest BCUT2D eigenvalue weighted by atomic mass is 32.2. The fourth-order valence-corrected chi connectivity index (χ4v) is 5.57. The van der Waals surface area contributed by atoms with Crippen LogP contribution in [-0.4, -0.2) is 19.3 Å². The first-order valence-electron chi connectivity index (χ1n) is 8.89. The van der Waals surface area contributed by atoms with Crippen LogP contribution in [0.5, 0.6) is 0 Å². The third-order valence-electron chi connectivity index (χ3n) is 4.75. The molecule has 0 saturated heterocycles. The monoisotopic (exact) mass is 421 g/mol. The molecule has 2 N–H and O–H groups in total. The number of carbonyl (C=O) groups is 1. The van der Waals surface area contributed by atoms with Crippen LogP contribution in [0.4, 0.5) is 11.4 Å². The minimum absolute atomic E-state index is 0.0997. The number of rotatable bonds is 4. The minimum Gasteiger partial charge on any atom is -0.325 e. The molecule has 1 aromatic heterocycles. The summed E-state index contributed by atoms with van der Waals surface area (Å²) in [6.45, 7) is 0. The van der Waals surface area contributed by atoms with Gasteiger partial charge in [0.1, 0.15) is 10.9 Å². The molecule has 144 valence electrons. The number of nitrogens with zero attached hydrogens (tertiary/aromatic N) is 1. The van der Waals surface area contributed by atoms with Crippen molar-refractivity contribution < 1.29 is 13.2 Å². The number of aromatic nitrogens is 1. The van der Waals surface area contributed by atoms with E-state index in [0.717, 1.165) is 10.2 Å². The lowest BCUT2D eigenvalue weighted by molar-refractivity contribution is -0.116. The van der Waals surface area contributed by atoms with E-state index in [1.165, 1.54) is 17.4 Å². The maximum Gasteiger partial charge on any atom is 0.261 e. The number of carbonyl (C=O) groups excluding carboxylic acids is 1. The third kappa shape index (κ3) is 3.16. The van der Waals surface area contributed by atoms with Crippen LogP contribution in [0.1, 0.15) is 16.5 Å². The van der Waals surface area contributed by atoms with E-state index in [0.29, 0.717) is 21.9 Å². The van der Waals surface area contributed by atoms with Gasteiger partial charge in [-0.05, 0) is 48.0 Å². The predicted octanol–water partition coefficient (Wildman–Crippen LogP) is 4.18. The van der Waals surface area contributed by atoms with Gasteiger partial charge in [-0.2, -0.15) is 0 Å². The van der Waals surface area contributed by atoms with Gasteiger partial charge in [0.05, 0.1) is 15.1 Å². The van der Waals surface area contributed by atoms with Gasteiger partial charge in [-0.1, -0.05) is 30.3 Å². The zero-order valence-electron chi connectivity index (χ0n) is 15.0. The number of hydrogen-bond donors (Lipinski definition) is 2. The summed E-state index contributed by atoms with van der Waals surface area (Å²) in [5, 5.41) is 3.48. The maximum atomic E-state index is 12.8. The first kappa shape index (κ1) is 17.8. The molecule has 1 atom stereocenters. The highest BCUT2D eigenvalue weighted by molar-refractivity contribution is 7.92. The van der Waals surface area contributed by atoms with Gasteiger partial charge in [0, 0.05) is 11.4 Å². The number of hydrogen-bond acceptors (Lipinski definition) is 5. The maximum absolute atomic E-state index is 12.8. The van der Waals surface area contributed by atoms with Gasteiger partial charge in [-0.15, -0.1) is 11.3 Å². The van der Waals surface area contributed by atoms with Gasteiger partial charge in [0.15, 0.2) is 0 Å². The molecule has 5 rings (SSSR count). The van der Waals surface area contributed by atoms with Gasteiger partial charge in [0.2, 0.25) is 5.91 Å². The number of sulfonamides is 1. The SMILES string of the molecule is O=C1Nc2ccc(S(=O)(=O)Nc3ccccc3)cc2C1c1nc2ccccc2s1. The van der Waals surface area contributed by atoms with E-state index in [2.05, 4.69) is 15.0 Å². The summed E-state index contributed by atoms with van der Waals surface area (Å²) in [6.07, 6.45) is 0. The van der Waals surface area contributed by atoms with Crippen LogP contribution in [0.2, 0.25) is 0 Å². The average molecular weight is 422 g/mol. The number of anilines is 2. The molecule has 4 aromatic rings. The lowest BCUT2D eigenvalue weighted by atomic mass is 10.0. The third-order valence-corrected chi connectivity index (χ3v) is 7.23. The Balaban J connectivity index is 1.56. The van der Waals surface area contributed by atoms with Crippen LogP contribution in [0.25, 0.3) is 10.2 Å². The number of amides is 1. The van der Waals surface area contributed by atoms with Crippen LogP contribution in [-0.2, 0) is 14.8 Å². The van der Waals surface area contributed by atoms with Crippen molar-refractivity contribution in [2.45, 2.75) is 10.8 Å². The Bertz CT molecular complexity index is 1320. The zero-order chi connectivity index (χ0) is 20.0. The van der Waals surface area contributed by atoms with Gasteiger partial charge in [0.25, 0.3) is 10.0 Å². The summed E-state index contributed by atoms with van der Waals surface area (Å²) < 4.78 is 29.2. The summed E-state index contributed by atoms with van der Waals surface area (Å²) in [5.74, 6) is -0.834. The molecule has 8 heteroatoms. The topological polar surface area (TPSA) is 88.2 Å². The molecule has 0 aliphatic carbocycles. The summed E-state index contributed by atoms with van der Waals surface area (Å²) in [7, 11) is -3.79. The fourth-order valence-electron chi connectivity index (χ4n) is 3.39. The second-order valence-electron chi connectivity index (χ2n) is 6.66. The number of thiazole rings is 1. The highest BCUT2D eigenvalue weighted by Gasteiger charge is 2.35. The van der Waals surface area contributed by atoms with Crippen molar-refractivity contribution in [3.05, 3.63) is 83.4 Å². The number of para-hydroxylation sites is 2. The number of benzene rings is 3. The standard InChI is InChI=1S/C21H15N3O3S2/c25-20-19(21-23-17-8-4-5-9-18(17)28-21)15-12-14(10-11-16(15)22-20)29(26,27)24-13-6-2-1-3-7-13/h1-12,19,24H,(H,22,25). The van der Waals surface area contributed by atoms with Gasteiger partial charge >= 0.3 is 0 Å². The summed E-state index contributed by atoms with van der Waals surface area (Å²) in [4.78, 5) is 17.3. The lowest BCUT2D eigenvalue weighted by Gasteiger charge is -2.10. The first-order chi connectivity index (χ1) is 14.0. The largest absolute Gasteiger partial charge is 0.325 e. The first-order valence-corrected chi connectivity index (χ1v) is 11.2. The molecule has 1 aliphatic heterocycles. The van der Waals surface area contributed by atoms with Crippen molar-refractivity contribution in [3.8, 4) is 0 Å². The molecule has 1 aliphatic rings. The van der Waals surface area contributed by atoms with Crippen molar-refractivity contribution >= 4 is 48.9 Å². The Morgan fingerprint density at radius 3 is 2.52 bits per heavy atom. The molecule has 6 nitrogen and oxygen atoms in total. The summed E-state index contributed by atoms with van der Waals surface area (Å²) in [6, 6.07) is 21.0. The molecule has 2 heterocycles. The smallest absolute Gasteiger partial charge is 0.261 e. The molecular weight excluding hydrogens is 406 g/mol. The number of nitrogens with one attached hydrogen (secondary N) is 2. The van der Waals surface area contributed by atoms with Crippen LogP contribution < -0.4 is 10.0 Å². The molecule has 0 fully saturated rings. The minimum atomic E-state index is -3.79. The number of fused-ring (bicyclic) bond motifs is 2. The van der Waals surface area contributed by atoms with Crippen molar-refractivity contribution in [2.75, 3.05) is 10.0 Å². The van der Waals surface area contributed by atoms with Crippen molar-refractivity contribution in [1.29, 1.82) is 0 Å². The molecule has 0 spiro atoms. The van der Waals surface area contributed by atoms with Gasteiger partial charge in [-0.25, -0.2) is 13.4 Å². The molecule has 0 saturated carbocycles. The Labute approximate surface area is 171 Å². The zero-order valence-corrected chi connectivity index (χ0v) is 16.6. The molecule has 1 unspecified atom stereocenters. The average Bonchev–Trinajstić information content (AvgIpc) is 3.27. The normalized spacial score (nSPS) is 15.9. The van der Waals surface area contributed by atoms with Crippen molar-refractivity contribution in [2.24, 2.45) is 0 Å². The Morgan fingerprint density at radius 2 is 1.72 bits per heavy atom. The van der Waals surface area contributed by atoms with Crippen LogP contribution in [0.15, 0.2) is 77.7 Å². The summed E-state index contributed by atoms with van der Waals surface area (Å²) >= 11 is 1.44. The van der Waals surface area contributed by atoms with Crippen molar-refractivity contribution in [1.82, 2.24) is 4.98 Å². The van der Waals surface area contributed by atoms with E-state index in [-0.39, 0.29) is 10.8 Å². The molecule has 0 radical (unpaired) electrons. The second-order valence-corrected chi connectivity index (χ2v) is 9.41. The van der Waals surface area contributed by atoms with Gasteiger partial charge < -0.3 is 5.32 Å². The van der Waals surface area contributed by atoms with E-state index in [9.17, 15) is 13.2 Å². The van der Waals surface area contributed by atoms with E-state index in [4.69, 9.17) is 0 Å². The van der Waals surface area contributed by atoms with Crippen molar-refractivity contribution in [3.63, 3.8) is 0 Å². The Kier molecular flexibility index (Phi) is 4.11. The van der Waals surface area contributed by atoms with Crippen LogP contribution in [0.3, 0.4) is 0 Å². The van der Waals surface area contributed by atoms with E-state index >= 15 is 0 Å². The summed E-state index contributed by atoms with van der Waals surface area (Å²) in [5.41, 5.74) is 2.52. The van der Waals surface area contributed by atoms with E-state index in [1.807, 2.05) is 30.3 Å². The quantitative estimate of drug-likeness (QED) is 0.517. The Hall–Kier alpha value is -3.23. The van der Waals surface area contributed by atoms with E-state index < -0.39 is 15.9 Å². The molecule has 29 heavy (non-hydrogen) atoms. The van der Waals surface area contributed by atoms with Crippen LogP contribution in [0, 0.1) is 0 Å². The van der Waals surface area contributed by atoms with Crippen LogP contribution >= 0.6 is 11.3 Å². The van der Waals surface area contributed by atoms with E-state index in [1.54, 1.807) is 36.4 Å². The molecule has 3 aromatic carbocycles. The second kappa shape index (κ2) is 6.68. The molecular formula is C21H15N3O3S2. The molecule has 1 amide bonds. The highest BCUT2D eigenvalue weighted by Crippen LogP contribution is 2.41. The fraction of sp³-hybridized carbons (Fsp3) is 0.0476. The lowest BCUT2D eigenvalue weighted by Crippen LogP contribution is -2.14. The van der Waals surface area contributed by atoms with Gasteiger partial charge in [-0.3, -0.25) is 9.52 Å². The predicted molar refractivity (Wildman–Crippen MR) is 114 cm³/mol.